The number of nitrogens with zero attached hydrogens (tertiary/aromatic N) is 1. The number of hydrogen-bond acceptors (Lipinski definition) is 2. The van der Waals surface area contributed by atoms with Crippen molar-refractivity contribution in [2.75, 3.05) is 6.54 Å². The van der Waals surface area contributed by atoms with Gasteiger partial charge in [0, 0.05) is 18.4 Å². The van der Waals surface area contributed by atoms with Crippen LogP contribution in [0.15, 0.2) is 18.3 Å². The molecule has 0 aromatic carbocycles. The summed E-state index contributed by atoms with van der Waals surface area (Å²) in [5.74, 6) is 0.427. The van der Waals surface area contributed by atoms with E-state index in [9.17, 15) is 9.90 Å². The van der Waals surface area contributed by atoms with Gasteiger partial charge in [-0.3, -0.25) is 4.79 Å². The summed E-state index contributed by atoms with van der Waals surface area (Å²) in [6, 6.07) is 3.65. The number of hydrogen-bond donors (Lipinski definition) is 2. The molecule has 0 fully saturated rings. The average Bonchev–Trinajstić information content (AvgIpc) is 2.62. The van der Waals surface area contributed by atoms with Crippen LogP contribution in [0.1, 0.15) is 32.6 Å². The van der Waals surface area contributed by atoms with E-state index in [2.05, 4.69) is 19.2 Å². The molecular formula is C12H20N2O2. The quantitative estimate of drug-likeness (QED) is 0.792. The molecule has 0 radical (unpaired) electrons. The van der Waals surface area contributed by atoms with Crippen LogP contribution in [0.2, 0.25) is 0 Å². The summed E-state index contributed by atoms with van der Waals surface area (Å²) in [7, 11) is 0. The Morgan fingerprint density at radius 2 is 2.19 bits per heavy atom. The molecule has 16 heavy (non-hydrogen) atoms. The van der Waals surface area contributed by atoms with Crippen LogP contribution in [-0.2, 0) is 11.3 Å². The number of amides is 1. The third kappa shape index (κ3) is 3.70. The predicted molar refractivity (Wildman–Crippen MR) is 62.9 cm³/mol. The normalized spacial score (nSPS) is 12.8. The van der Waals surface area contributed by atoms with Gasteiger partial charge in [-0.1, -0.05) is 13.8 Å². The molecule has 0 bridgehead atoms. The number of aliphatic hydroxyl groups excluding tert-OH is 1. The number of nitrogens with one attached hydrogen (secondary N) is 1. The lowest BCUT2D eigenvalue weighted by atomic mass is 10.2. The van der Waals surface area contributed by atoms with Gasteiger partial charge < -0.3 is 15.0 Å². The number of carbonyl (C=O) groups is 1. The third-order valence-electron chi connectivity index (χ3n) is 2.31. The fourth-order valence-corrected chi connectivity index (χ4v) is 1.48. The predicted octanol–water partition coefficient (Wildman–Crippen LogP) is 1.31. The second kappa shape index (κ2) is 5.70. The van der Waals surface area contributed by atoms with Gasteiger partial charge >= 0.3 is 0 Å². The lowest BCUT2D eigenvalue weighted by molar-refractivity contribution is -0.121. The Bertz CT molecular complexity index is 343. The Kier molecular flexibility index (Phi) is 4.55. The van der Waals surface area contributed by atoms with Crippen molar-refractivity contribution >= 4 is 5.91 Å². The van der Waals surface area contributed by atoms with Crippen molar-refractivity contribution < 1.29 is 9.90 Å². The molecule has 0 saturated heterocycles. The first-order chi connectivity index (χ1) is 7.50. The third-order valence-corrected chi connectivity index (χ3v) is 2.31. The van der Waals surface area contributed by atoms with E-state index in [0.29, 0.717) is 12.5 Å². The zero-order valence-electron chi connectivity index (χ0n) is 10.1. The second-order valence-electron chi connectivity index (χ2n) is 4.43. The van der Waals surface area contributed by atoms with Crippen molar-refractivity contribution in [3.8, 4) is 0 Å². The van der Waals surface area contributed by atoms with Gasteiger partial charge in [-0.15, -0.1) is 0 Å². The summed E-state index contributed by atoms with van der Waals surface area (Å²) >= 11 is 0. The summed E-state index contributed by atoms with van der Waals surface area (Å²) in [5, 5.41) is 12.3. The van der Waals surface area contributed by atoms with Gasteiger partial charge in [0.2, 0.25) is 5.91 Å². The summed E-state index contributed by atoms with van der Waals surface area (Å²) < 4.78 is 1.76. The molecule has 1 unspecified atom stereocenters. The topological polar surface area (TPSA) is 54.3 Å². The monoisotopic (exact) mass is 224 g/mol. The van der Waals surface area contributed by atoms with Crippen molar-refractivity contribution in [1.29, 1.82) is 0 Å². The highest BCUT2D eigenvalue weighted by molar-refractivity contribution is 5.75. The van der Waals surface area contributed by atoms with E-state index in [0.717, 1.165) is 5.69 Å². The lowest BCUT2D eigenvalue weighted by Gasteiger charge is -2.12. The van der Waals surface area contributed by atoms with Gasteiger partial charge in [-0.25, -0.2) is 0 Å². The van der Waals surface area contributed by atoms with E-state index in [4.69, 9.17) is 0 Å². The van der Waals surface area contributed by atoms with Crippen molar-refractivity contribution in [3.05, 3.63) is 24.0 Å². The highest BCUT2D eigenvalue weighted by atomic mass is 16.3. The first-order valence-electron chi connectivity index (χ1n) is 5.60. The molecule has 1 atom stereocenters. The average molecular weight is 224 g/mol. The molecule has 0 saturated carbocycles. The van der Waals surface area contributed by atoms with Crippen LogP contribution in [0.5, 0.6) is 0 Å². The maximum atomic E-state index is 11.6. The first kappa shape index (κ1) is 12.8. The molecule has 4 nitrogen and oxygen atoms in total. The number of aromatic nitrogens is 1. The zero-order chi connectivity index (χ0) is 12.1. The SMILES string of the molecule is CC(C)CNC(=O)Cn1cccc1C(C)O. The van der Waals surface area contributed by atoms with Crippen LogP contribution in [0.25, 0.3) is 0 Å². The maximum absolute atomic E-state index is 11.6. The zero-order valence-corrected chi connectivity index (χ0v) is 10.1. The molecule has 0 aliphatic carbocycles. The molecule has 0 aliphatic heterocycles. The van der Waals surface area contributed by atoms with E-state index < -0.39 is 6.10 Å². The molecule has 1 rings (SSSR count). The van der Waals surface area contributed by atoms with Crippen molar-refractivity contribution in [2.45, 2.75) is 33.4 Å². The van der Waals surface area contributed by atoms with E-state index in [-0.39, 0.29) is 12.5 Å². The van der Waals surface area contributed by atoms with Crippen LogP contribution in [-0.4, -0.2) is 22.1 Å². The summed E-state index contributed by atoms with van der Waals surface area (Å²) in [4.78, 5) is 11.6. The van der Waals surface area contributed by atoms with Gasteiger partial charge in [0.15, 0.2) is 0 Å². The highest BCUT2D eigenvalue weighted by Gasteiger charge is 2.09. The van der Waals surface area contributed by atoms with Crippen LogP contribution in [0.4, 0.5) is 0 Å². The number of aliphatic hydroxyl groups is 1. The minimum absolute atomic E-state index is 0.0215. The van der Waals surface area contributed by atoms with Crippen LogP contribution >= 0.6 is 0 Å². The Morgan fingerprint density at radius 1 is 1.50 bits per heavy atom. The fraction of sp³-hybridized carbons (Fsp3) is 0.583. The molecule has 1 aromatic heterocycles. The summed E-state index contributed by atoms with van der Waals surface area (Å²) in [5.41, 5.74) is 0.764. The van der Waals surface area contributed by atoms with E-state index >= 15 is 0 Å². The van der Waals surface area contributed by atoms with Gasteiger partial charge in [-0.05, 0) is 25.0 Å². The minimum atomic E-state index is -0.548. The second-order valence-corrected chi connectivity index (χ2v) is 4.43. The highest BCUT2D eigenvalue weighted by Crippen LogP contribution is 2.12. The van der Waals surface area contributed by atoms with Crippen molar-refractivity contribution in [3.63, 3.8) is 0 Å². The lowest BCUT2D eigenvalue weighted by Crippen LogP contribution is -2.31. The van der Waals surface area contributed by atoms with Crippen molar-refractivity contribution in [1.82, 2.24) is 9.88 Å². The van der Waals surface area contributed by atoms with E-state index in [1.165, 1.54) is 0 Å². The van der Waals surface area contributed by atoms with Gasteiger partial charge in [0.25, 0.3) is 0 Å². The van der Waals surface area contributed by atoms with Crippen LogP contribution in [0, 0.1) is 5.92 Å². The Balaban J connectivity index is 2.53. The Hall–Kier alpha value is -1.29. The molecule has 1 heterocycles. The largest absolute Gasteiger partial charge is 0.387 e. The Morgan fingerprint density at radius 3 is 2.75 bits per heavy atom. The smallest absolute Gasteiger partial charge is 0.239 e. The number of rotatable bonds is 5. The van der Waals surface area contributed by atoms with Crippen LogP contribution in [0.3, 0.4) is 0 Å². The van der Waals surface area contributed by atoms with Crippen molar-refractivity contribution in [2.24, 2.45) is 5.92 Å². The fourth-order valence-electron chi connectivity index (χ4n) is 1.48. The van der Waals surface area contributed by atoms with E-state index in [1.54, 1.807) is 17.7 Å². The minimum Gasteiger partial charge on any atom is -0.387 e. The standard InChI is InChI=1S/C12H20N2O2/c1-9(2)7-13-12(16)8-14-6-4-5-11(14)10(3)15/h4-6,9-10,15H,7-8H2,1-3H3,(H,13,16). The Labute approximate surface area is 96.3 Å². The number of carbonyl (C=O) groups excluding carboxylic acids is 1. The maximum Gasteiger partial charge on any atom is 0.239 e. The summed E-state index contributed by atoms with van der Waals surface area (Å²) in [6.45, 7) is 6.75. The van der Waals surface area contributed by atoms with Gasteiger partial charge in [0.05, 0.1) is 6.10 Å². The summed E-state index contributed by atoms with van der Waals surface area (Å²) in [6.07, 6.45) is 1.25. The molecular weight excluding hydrogens is 204 g/mol. The van der Waals surface area contributed by atoms with E-state index in [1.807, 2.05) is 12.1 Å². The molecule has 2 N–H and O–H groups in total. The molecule has 4 heteroatoms. The molecule has 1 amide bonds. The molecule has 1 aromatic rings. The van der Waals surface area contributed by atoms with Gasteiger partial charge in [0.1, 0.15) is 6.54 Å². The molecule has 0 spiro atoms. The first-order valence-corrected chi connectivity index (χ1v) is 5.60. The molecule has 0 aliphatic rings. The van der Waals surface area contributed by atoms with Gasteiger partial charge in [-0.2, -0.15) is 0 Å². The van der Waals surface area contributed by atoms with Crippen LogP contribution < -0.4 is 5.32 Å². The molecule has 90 valence electrons.